The van der Waals surface area contributed by atoms with E-state index in [2.05, 4.69) is 30.8 Å². The van der Waals surface area contributed by atoms with Crippen molar-refractivity contribution in [1.82, 2.24) is 4.57 Å². The molecule has 4 fully saturated rings. The number of hydrogen-bond donors (Lipinski definition) is 1. The van der Waals surface area contributed by atoms with E-state index in [0.29, 0.717) is 6.42 Å². The van der Waals surface area contributed by atoms with Gasteiger partial charge < -0.3 is 14.6 Å². The molecule has 0 radical (unpaired) electrons. The van der Waals surface area contributed by atoms with Gasteiger partial charge in [-0.25, -0.2) is 0 Å². The van der Waals surface area contributed by atoms with Crippen molar-refractivity contribution in [2.24, 2.45) is 29.8 Å². The van der Waals surface area contributed by atoms with Gasteiger partial charge >= 0.3 is 0 Å². The van der Waals surface area contributed by atoms with Crippen LogP contribution in [-0.4, -0.2) is 16.0 Å². The third-order valence-electron chi connectivity index (χ3n) is 8.40. The van der Waals surface area contributed by atoms with E-state index in [9.17, 15) is 4.79 Å². The number of carbonyl (C=O) groups is 1. The molecule has 4 aliphatic carbocycles. The van der Waals surface area contributed by atoms with Crippen molar-refractivity contribution in [3.05, 3.63) is 69.5 Å². The van der Waals surface area contributed by atoms with Crippen molar-refractivity contribution in [3.63, 3.8) is 0 Å². The maximum Gasteiger partial charge on any atom is 0.230 e. The number of ether oxygens (including phenoxy) is 1. The van der Waals surface area contributed by atoms with Crippen molar-refractivity contribution in [3.8, 4) is 11.5 Å². The standard InChI is InChI=1S/C30H35N3O2S/c1-19-4-8-25(9-5-19)35-26-10-6-24(7-11-26)31-28(34)15-27-20(2)36-29(33(27)3)32-30-16-21-12-22(17-30)14-23(13-21)18-30/h4-11,21-23H,12-18H2,1-3H3,(H,31,34). The first kappa shape index (κ1) is 23.5. The average Bonchev–Trinajstić information content (AvgIpc) is 3.07. The normalized spacial score (nSPS) is 26.9. The molecule has 0 spiro atoms. The molecule has 0 unspecified atom stereocenters. The number of nitrogens with one attached hydrogen (secondary N) is 1. The summed E-state index contributed by atoms with van der Waals surface area (Å²) in [6, 6.07) is 15.5. The molecule has 4 saturated carbocycles. The molecule has 7 rings (SSSR count). The van der Waals surface area contributed by atoms with E-state index < -0.39 is 0 Å². The third-order valence-corrected chi connectivity index (χ3v) is 9.49. The van der Waals surface area contributed by atoms with E-state index in [0.717, 1.165) is 45.4 Å². The lowest BCUT2D eigenvalue weighted by atomic mass is 9.53. The Morgan fingerprint density at radius 2 is 1.53 bits per heavy atom. The Bertz CT molecular complexity index is 1300. The lowest BCUT2D eigenvalue weighted by Crippen LogP contribution is -2.50. The number of aromatic nitrogens is 1. The highest BCUT2D eigenvalue weighted by atomic mass is 32.1. The zero-order valence-corrected chi connectivity index (χ0v) is 22.2. The van der Waals surface area contributed by atoms with Gasteiger partial charge in [-0.2, -0.15) is 0 Å². The smallest absolute Gasteiger partial charge is 0.230 e. The quantitative estimate of drug-likeness (QED) is 0.417. The highest BCUT2D eigenvalue weighted by Crippen LogP contribution is 2.57. The fourth-order valence-electron chi connectivity index (χ4n) is 7.07. The summed E-state index contributed by atoms with van der Waals surface area (Å²) in [7, 11) is 2.07. The summed E-state index contributed by atoms with van der Waals surface area (Å²) in [5.74, 6) is 4.17. The molecule has 188 valence electrons. The summed E-state index contributed by atoms with van der Waals surface area (Å²) >= 11 is 1.74. The van der Waals surface area contributed by atoms with Crippen LogP contribution in [0.15, 0.2) is 53.5 Å². The Morgan fingerprint density at radius 3 is 2.11 bits per heavy atom. The van der Waals surface area contributed by atoms with E-state index in [1.54, 1.807) is 11.3 Å². The summed E-state index contributed by atoms with van der Waals surface area (Å²) in [5.41, 5.74) is 3.17. The first-order valence-electron chi connectivity index (χ1n) is 13.2. The van der Waals surface area contributed by atoms with E-state index in [1.165, 1.54) is 49.0 Å². The van der Waals surface area contributed by atoms with Gasteiger partial charge in [0, 0.05) is 23.3 Å². The van der Waals surface area contributed by atoms with Crippen LogP contribution >= 0.6 is 11.3 Å². The van der Waals surface area contributed by atoms with Crippen LogP contribution in [0, 0.1) is 31.6 Å². The zero-order valence-electron chi connectivity index (χ0n) is 21.4. The molecular formula is C30H35N3O2S. The molecule has 36 heavy (non-hydrogen) atoms. The number of carbonyl (C=O) groups excluding carboxylic acids is 1. The van der Waals surface area contributed by atoms with Gasteiger partial charge in [-0.15, -0.1) is 11.3 Å². The Balaban J connectivity index is 1.13. The molecule has 0 saturated heterocycles. The van der Waals surface area contributed by atoms with Crippen molar-refractivity contribution < 1.29 is 9.53 Å². The third kappa shape index (κ3) is 4.75. The minimum absolute atomic E-state index is 0.0138. The molecular weight excluding hydrogens is 466 g/mol. The second-order valence-corrected chi connectivity index (χ2v) is 12.5. The summed E-state index contributed by atoms with van der Waals surface area (Å²) in [6.45, 7) is 4.17. The van der Waals surface area contributed by atoms with Crippen LogP contribution in [0.25, 0.3) is 0 Å². The predicted octanol–water partition coefficient (Wildman–Crippen LogP) is 6.55. The minimum atomic E-state index is -0.0138. The van der Waals surface area contributed by atoms with E-state index in [-0.39, 0.29) is 11.4 Å². The first-order valence-corrected chi connectivity index (χ1v) is 14.0. The van der Waals surface area contributed by atoms with Crippen LogP contribution < -0.4 is 14.9 Å². The summed E-state index contributed by atoms with van der Waals surface area (Å²) < 4.78 is 8.06. The Kier molecular flexibility index (Phi) is 6.03. The maximum atomic E-state index is 12.9. The summed E-state index contributed by atoms with van der Waals surface area (Å²) in [4.78, 5) is 20.6. The molecule has 4 aliphatic rings. The van der Waals surface area contributed by atoms with Crippen LogP contribution in [0.1, 0.15) is 54.7 Å². The van der Waals surface area contributed by atoms with Crippen molar-refractivity contribution in [1.29, 1.82) is 0 Å². The van der Waals surface area contributed by atoms with Gasteiger partial charge in [-0.05, 0) is 107 Å². The molecule has 5 nitrogen and oxygen atoms in total. The molecule has 0 atom stereocenters. The van der Waals surface area contributed by atoms with Crippen LogP contribution in [0.4, 0.5) is 5.69 Å². The Hall–Kier alpha value is -2.86. The molecule has 1 aromatic heterocycles. The molecule has 6 heteroatoms. The van der Waals surface area contributed by atoms with Crippen molar-refractivity contribution in [2.45, 2.75) is 64.3 Å². The zero-order chi connectivity index (χ0) is 24.9. The molecule has 1 N–H and O–H groups in total. The Morgan fingerprint density at radius 1 is 0.972 bits per heavy atom. The Labute approximate surface area is 217 Å². The van der Waals surface area contributed by atoms with Crippen LogP contribution in [0.2, 0.25) is 0 Å². The number of rotatable bonds is 6. The van der Waals surface area contributed by atoms with Gasteiger partial charge in [0.1, 0.15) is 11.5 Å². The van der Waals surface area contributed by atoms with Crippen LogP contribution in [0.5, 0.6) is 11.5 Å². The van der Waals surface area contributed by atoms with Crippen LogP contribution in [0.3, 0.4) is 0 Å². The number of amides is 1. The highest BCUT2D eigenvalue weighted by Gasteiger charge is 2.51. The second kappa shape index (κ2) is 9.22. The van der Waals surface area contributed by atoms with E-state index in [1.807, 2.05) is 48.5 Å². The molecule has 1 amide bonds. The minimum Gasteiger partial charge on any atom is -0.457 e. The van der Waals surface area contributed by atoms with Gasteiger partial charge in [0.25, 0.3) is 0 Å². The van der Waals surface area contributed by atoms with Gasteiger partial charge in [0.2, 0.25) is 5.91 Å². The number of nitrogens with zero attached hydrogens (tertiary/aromatic N) is 2. The van der Waals surface area contributed by atoms with Crippen molar-refractivity contribution >= 4 is 22.9 Å². The lowest BCUT2D eigenvalue weighted by molar-refractivity contribution is -0.115. The molecule has 0 aliphatic heterocycles. The topological polar surface area (TPSA) is 55.6 Å². The first-order chi connectivity index (χ1) is 17.3. The summed E-state index contributed by atoms with van der Waals surface area (Å²) in [5, 5.41) is 3.05. The number of thiazole rings is 1. The molecule has 2 aromatic carbocycles. The number of aryl methyl sites for hydroxylation is 2. The maximum absolute atomic E-state index is 12.9. The largest absolute Gasteiger partial charge is 0.457 e. The predicted molar refractivity (Wildman–Crippen MR) is 145 cm³/mol. The fourth-order valence-corrected chi connectivity index (χ4v) is 8.15. The highest BCUT2D eigenvalue weighted by molar-refractivity contribution is 7.09. The van der Waals surface area contributed by atoms with Gasteiger partial charge in [0.15, 0.2) is 4.80 Å². The summed E-state index contributed by atoms with van der Waals surface area (Å²) in [6.07, 6.45) is 8.40. The number of hydrogen-bond acceptors (Lipinski definition) is 4. The lowest BCUT2D eigenvalue weighted by Gasteiger charge is -2.54. The van der Waals surface area contributed by atoms with Crippen LogP contribution in [-0.2, 0) is 18.3 Å². The number of anilines is 1. The molecule has 1 heterocycles. The number of benzene rings is 2. The van der Waals surface area contributed by atoms with Gasteiger partial charge in [0.05, 0.1) is 12.0 Å². The monoisotopic (exact) mass is 501 g/mol. The average molecular weight is 502 g/mol. The van der Waals surface area contributed by atoms with Crippen molar-refractivity contribution in [2.75, 3.05) is 5.32 Å². The van der Waals surface area contributed by atoms with E-state index >= 15 is 0 Å². The fraction of sp³-hybridized carbons (Fsp3) is 0.467. The molecule has 3 aromatic rings. The van der Waals surface area contributed by atoms with Gasteiger partial charge in [-0.3, -0.25) is 9.79 Å². The van der Waals surface area contributed by atoms with E-state index in [4.69, 9.17) is 9.73 Å². The van der Waals surface area contributed by atoms with Gasteiger partial charge in [-0.1, -0.05) is 17.7 Å². The molecule has 4 bridgehead atoms. The SMILES string of the molecule is Cc1ccc(Oc2ccc(NC(=O)Cc3c(C)sc(=NC45CC6CC(CC(C6)C4)C5)n3C)cc2)cc1. The second-order valence-electron chi connectivity index (χ2n) is 11.4.